The average molecular weight is 1110 g/mol. The summed E-state index contributed by atoms with van der Waals surface area (Å²) in [6.07, 6.45) is 65.2. The number of nitrogens with zero attached hydrogens (tertiary/aromatic N) is 2. The molecule has 2 aromatic carbocycles. The van der Waals surface area contributed by atoms with Crippen LogP contribution in [0.5, 0.6) is 11.5 Å². The molecule has 0 fully saturated rings. The molecule has 3 rings (SSSR count). The van der Waals surface area contributed by atoms with Crippen molar-refractivity contribution in [3.05, 3.63) is 81.5 Å². The van der Waals surface area contributed by atoms with Crippen LogP contribution in [0.4, 0.5) is 0 Å². The molecule has 5 heteroatoms. The van der Waals surface area contributed by atoms with Crippen LogP contribution in [-0.2, 0) is 0 Å². The van der Waals surface area contributed by atoms with Gasteiger partial charge in [0.15, 0.2) is 0 Å². The molecule has 79 heavy (non-hydrogen) atoms. The lowest BCUT2D eigenvalue weighted by Gasteiger charge is -2.33. The molecule has 0 amide bonds. The quantitative estimate of drug-likeness (QED) is 0.0553. The summed E-state index contributed by atoms with van der Waals surface area (Å²) in [4.78, 5) is 8.18. The normalized spacial score (nSPS) is 12.6. The molecule has 454 valence electrons. The molecule has 0 radical (unpaired) electrons. The molecule has 2 unspecified atom stereocenters. The van der Waals surface area contributed by atoms with E-state index >= 15 is 0 Å². The van der Waals surface area contributed by atoms with E-state index in [0.717, 1.165) is 37.3 Å². The smallest absolute Gasteiger partial charge is 0.120 e. The van der Waals surface area contributed by atoms with Crippen LogP contribution in [-0.4, -0.2) is 46.2 Å². The Bertz CT molecular complexity index is 1580. The van der Waals surface area contributed by atoms with Gasteiger partial charge in [0, 0.05) is 20.9 Å². The Morgan fingerprint density at radius 1 is 0.266 bits per heavy atom. The van der Waals surface area contributed by atoms with Crippen LogP contribution < -0.4 is 0 Å². The maximum absolute atomic E-state index is 11.8. The number of hydrogen-bond donors (Lipinski definition) is 2. The van der Waals surface area contributed by atoms with Crippen molar-refractivity contribution in [1.82, 2.24) is 9.80 Å². The third kappa shape index (κ3) is 34.8. The Morgan fingerprint density at radius 2 is 0.456 bits per heavy atom. The molecular weight excluding hydrogens is 981 g/mol. The molecule has 0 bridgehead atoms. The molecular formula is C74H130N2O2S. The van der Waals surface area contributed by atoms with Crippen LogP contribution in [0.15, 0.2) is 60.7 Å². The van der Waals surface area contributed by atoms with Crippen molar-refractivity contribution >= 4 is 11.3 Å². The number of thiophene rings is 1. The van der Waals surface area contributed by atoms with E-state index in [4.69, 9.17) is 0 Å². The number of para-hydroxylation sites is 2. The molecule has 2 N–H and O–H groups in total. The first-order chi connectivity index (χ1) is 39.0. The first-order valence-electron chi connectivity index (χ1n) is 35.2. The van der Waals surface area contributed by atoms with E-state index in [-0.39, 0.29) is 12.1 Å². The van der Waals surface area contributed by atoms with Gasteiger partial charge in [0.25, 0.3) is 0 Å². The van der Waals surface area contributed by atoms with Crippen LogP contribution in [0.25, 0.3) is 0 Å². The second-order valence-electron chi connectivity index (χ2n) is 24.8. The van der Waals surface area contributed by atoms with Crippen LogP contribution in [0.3, 0.4) is 0 Å². The fraction of sp³-hybridized carbons (Fsp3) is 0.784. The van der Waals surface area contributed by atoms with Gasteiger partial charge in [0.2, 0.25) is 0 Å². The number of unbranched alkanes of at least 4 members (excludes halogenated alkanes) is 44. The molecule has 0 aliphatic rings. The molecule has 0 spiro atoms. The molecule has 1 aromatic heterocycles. The summed E-state index contributed by atoms with van der Waals surface area (Å²) in [6, 6.07) is 21.3. The van der Waals surface area contributed by atoms with Gasteiger partial charge >= 0.3 is 0 Å². The van der Waals surface area contributed by atoms with E-state index in [0.29, 0.717) is 11.5 Å². The van der Waals surface area contributed by atoms with Gasteiger partial charge in [-0.05, 0) is 76.1 Å². The predicted octanol–water partition coefficient (Wildman–Crippen LogP) is 24.7. The van der Waals surface area contributed by atoms with Gasteiger partial charge in [0.05, 0.1) is 12.1 Å². The fourth-order valence-corrected chi connectivity index (χ4v) is 13.8. The van der Waals surface area contributed by atoms with E-state index in [1.807, 2.05) is 35.6 Å². The third-order valence-electron chi connectivity index (χ3n) is 17.6. The molecule has 0 saturated carbocycles. The minimum atomic E-state index is -0.00785. The lowest BCUT2D eigenvalue weighted by Crippen LogP contribution is -2.32. The van der Waals surface area contributed by atoms with Crippen molar-refractivity contribution in [3.63, 3.8) is 0 Å². The molecule has 0 aliphatic carbocycles. The van der Waals surface area contributed by atoms with Crippen molar-refractivity contribution in [3.8, 4) is 11.5 Å². The number of benzene rings is 2. The highest BCUT2D eigenvalue weighted by Gasteiger charge is 2.30. The first-order valence-corrected chi connectivity index (χ1v) is 36.0. The summed E-state index contributed by atoms with van der Waals surface area (Å²) in [5.74, 6) is 0.823. The highest BCUT2D eigenvalue weighted by molar-refractivity contribution is 7.12. The molecule has 0 saturated heterocycles. The van der Waals surface area contributed by atoms with Gasteiger partial charge in [-0.3, -0.25) is 9.80 Å². The van der Waals surface area contributed by atoms with Gasteiger partial charge in [-0.25, -0.2) is 0 Å². The number of rotatable bonds is 58. The van der Waals surface area contributed by atoms with Gasteiger partial charge in [-0.15, -0.1) is 11.3 Å². The largest absolute Gasteiger partial charge is 0.508 e. The van der Waals surface area contributed by atoms with Gasteiger partial charge in [-0.2, -0.15) is 0 Å². The van der Waals surface area contributed by atoms with E-state index in [1.54, 1.807) is 0 Å². The minimum Gasteiger partial charge on any atom is -0.508 e. The van der Waals surface area contributed by atoms with Crippen LogP contribution >= 0.6 is 11.3 Å². The van der Waals surface area contributed by atoms with Gasteiger partial charge in [-0.1, -0.05) is 347 Å². The van der Waals surface area contributed by atoms with Crippen molar-refractivity contribution in [2.75, 3.05) is 26.2 Å². The zero-order chi connectivity index (χ0) is 56.3. The maximum Gasteiger partial charge on any atom is 0.120 e. The summed E-state index contributed by atoms with van der Waals surface area (Å²) in [5.41, 5.74) is 2.08. The number of aromatic hydroxyl groups is 2. The molecule has 1 heterocycles. The van der Waals surface area contributed by atoms with Gasteiger partial charge < -0.3 is 10.2 Å². The Labute approximate surface area is 495 Å². The Morgan fingerprint density at radius 3 is 0.658 bits per heavy atom. The summed E-state index contributed by atoms with van der Waals surface area (Å²) in [5, 5.41) is 23.5. The first kappa shape index (κ1) is 70.9. The topological polar surface area (TPSA) is 46.9 Å². The summed E-state index contributed by atoms with van der Waals surface area (Å²) in [7, 11) is 0. The van der Waals surface area contributed by atoms with E-state index in [9.17, 15) is 10.2 Å². The number of phenols is 2. The van der Waals surface area contributed by atoms with E-state index < -0.39 is 0 Å². The lowest BCUT2D eigenvalue weighted by molar-refractivity contribution is 0.213. The Balaban J connectivity index is 1.83. The molecule has 3 aromatic rings. The zero-order valence-corrected chi connectivity index (χ0v) is 53.7. The van der Waals surface area contributed by atoms with Crippen LogP contribution in [0.2, 0.25) is 0 Å². The third-order valence-corrected chi connectivity index (χ3v) is 18.8. The van der Waals surface area contributed by atoms with Crippen LogP contribution in [0.1, 0.15) is 369 Å². The van der Waals surface area contributed by atoms with Crippen molar-refractivity contribution in [2.24, 2.45) is 0 Å². The molecule has 2 atom stereocenters. The summed E-state index contributed by atoms with van der Waals surface area (Å²) >= 11 is 1.95. The Kier molecular flexibility index (Phi) is 46.1. The average Bonchev–Trinajstić information content (AvgIpc) is 3.97. The monoisotopic (exact) mass is 1110 g/mol. The maximum atomic E-state index is 11.8. The van der Waals surface area contributed by atoms with Crippen molar-refractivity contribution < 1.29 is 10.2 Å². The lowest BCUT2D eigenvalue weighted by atomic mass is 9.99. The highest BCUT2D eigenvalue weighted by Crippen LogP contribution is 2.43. The predicted molar refractivity (Wildman–Crippen MR) is 352 cm³/mol. The van der Waals surface area contributed by atoms with Crippen molar-refractivity contribution in [2.45, 2.75) is 348 Å². The second kappa shape index (κ2) is 51.3. The van der Waals surface area contributed by atoms with Crippen molar-refractivity contribution in [1.29, 1.82) is 0 Å². The minimum absolute atomic E-state index is 0.00785. The van der Waals surface area contributed by atoms with E-state index in [2.05, 4.69) is 73.9 Å². The zero-order valence-electron chi connectivity index (χ0n) is 52.9. The highest BCUT2D eigenvalue weighted by atomic mass is 32.1. The number of phenolic OH excluding ortho intramolecular Hbond substituents is 2. The van der Waals surface area contributed by atoms with E-state index in [1.165, 1.54) is 318 Å². The molecule has 4 nitrogen and oxygen atoms in total. The SMILES string of the molecule is CCCCCCCCCCCCCCN(CCCCCCCCCCCCCC)C(c1ccc(C(c2ccccc2O)N(CCCCCCCCCCCCCC)CCCCCCCCCCCCCC)s1)c1ccccc1O. The fourth-order valence-electron chi connectivity index (χ4n) is 12.5. The van der Waals surface area contributed by atoms with Gasteiger partial charge in [0.1, 0.15) is 11.5 Å². The standard InChI is InChI=1S/C74H130N2O2S/c1-5-9-13-17-21-25-29-33-37-41-45-53-63-75(64-54-46-42-38-34-30-26-22-18-14-10-6-2)73(67-57-49-51-59-69(67)77)71-61-62-72(79-71)74(68-58-50-52-60-70(68)78)76(65-55-47-43-39-35-31-27-23-19-15-11-7-3)66-56-48-44-40-36-32-28-24-20-16-12-8-4/h49-52,57-62,73-74,77-78H,5-48,53-56,63-66H2,1-4H3. The Hall–Kier alpha value is -2.34. The summed E-state index contributed by atoms with van der Waals surface area (Å²) in [6.45, 7) is 13.4. The number of hydrogen-bond acceptors (Lipinski definition) is 5. The second-order valence-corrected chi connectivity index (χ2v) is 25.9. The summed E-state index contributed by atoms with van der Waals surface area (Å²) < 4.78 is 0. The molecule has 0 aliphatic heterocycles. The van der Waals surface area contributed by atoms with Crippen LogP contribution in [0, 0.1) is 0 Å².